The Labute approximate surface area is 169 Å². The number of guanidine groups is 1. The second kappa shape index (κ2) is 11.2. The fourth-order valence-electron chi connectivity index (χ4n) is 3.18. The number of nitrogens with zero attached hydrogens (tertiary/aromatic N) is 3. The van der Waals surface area contributed by atoms with Gasteiger partial charge in [-0.15, -0.1) is 0 Å². The number of ether oxygens (including phenoxy) is 1. The van der Waals surface area contributed by atoms with Gasteiger partial charge in [0.25, 0.3) is 0 Å². The van der Waals surface area contributed by atoms with Gasteiger partial charge in [0.05, 0.1) is 11.4 Å². The molecule has 0 spiro atoms. The van der Waals surface area contributed by atoms with Crippen molar-refractivity contribution in [1.82, 2.24) is 15.5 Å². The molecule has 9 heteroatoms. The SMILES string of the molecule is CN=C(NCCN(C)CCCOC)NCCS(=O)(=O)N1CCc2ccccc21. The zero-order chi connectivity index (χ0) is 20.4. The Bertz CT molecular complexity index is 739. The Morgan fingerprint density at radius 2 is 2.00 bits per heavy atom. The molecule has 0 aliphatic carbocycles. The molecule has 1 aromatic rings. The average Bonchev–Trinajstić information content (AvgIpc) is 3.12. The van der Waals surface area contributed by atoms with Crippen LogP contribution in [0.15, 0.2) is 29.3 Å². The molecule has 2 rings (SSSR count). The Kier molecular flexibility index (Phi) is 9.01. The lowest BCUT2D eigenvalue weighted by molar-refractivity contribution is 0.180. The van der Waals surface area contributed by atoms with E-state index in [9.17, 15) is 8.42 Å². The molecule has 158 valence electrons. The van der Waals surface area contributed by atoms with E-state index in [1.165, 1.54) is 4.31 Å². The molecular formula is C19H33N5O3S. The lowest BCUT2D eigenvalue weighted by Gasteiger charge is -2.20. The first-order valence-corrected chi connectivity index (χ1v) is 11.3. The number of sulfonamides is 1. The maximum Gasteiger partial charge on any atom is 0.236 e. The third-order valence-corrected chi connectivity index (χ3v) is 6.50. The number of likely N-dealkylation sites (N-methyl/N-ethyl adjacent to an activating group) is 1. The van der Waals surface area contributed by atoms with Crippen LogP contribution in [0.1, 0.15) is 12.0 Å². The molecule has 28 heavy (non-hydrogen) atoms. The Morgan fingerprint density at radius 1 is 1.25 bits per heavy atom. The smallest absolute Gasteiger partial charge is 0.236 e. The summed E-state index contributed by atoms with van der Waals surface area (Å²) in [5.74, 6) is 0.640. The topological polar surface area (TPSA) is 86.3 Å². The van der Waals surface area contributed by atoms with Crippen LogP contribution in [0.25, 0.3) is 0 Å². The predicted octanol–water partition coefficient (Wildman–Crippen LogP) is 0.512. The maximum atomic E-state index is 12.7. The second-order valence-electron chi connectivity index (χ2n) is 6.84. The van der Waals surface area contributed by atoms with Gasteiger partial charge in [0.1, 0.15) is 0 Å². The summed E-state index contributed by atoms with van der Waals surface area (Å²) in [6.07, 6.45) is 1.77. The zero-order valence-electron chi connectivity index (χ0n) is 17.1. The predicted molar refractivity (Wildman–Crippen MR) is 115 cm³/mol. The molecule has 0 atom stereocenters. The molecule has 0 amide bonds. The minimum Gasteiger partial charge on any atom is -0.385 e. The molecule has 2 N–H and O–H groups in total. The zero-order valence-corrected chi connectivity index (χ0v) is 18.0. The first-order valence-electron chi connectivity index (χ1n) is 9.68. The van der Waals surface area contributed by atoms with E-state index in [1.807, 2.05) is 24.3 Å². The standard InChI is InChI=1S/C19H33N5O3S/c1-20-19(21-10-14-23(2)12-6-15-27-3)22-11-16-28(25,26)24-13-9-17-7-4-5-8-18(17)24/h4-5,7-8H,6,9-16H2,1-3H3,(H2,20,21,22). The number of aliphatic imine (C=N–C) groups is 1. The Balaban J connectivity index is 1.72. The number of fused-ring (bicyclic) bond motifs is 1. The summed E-state index contributed by atoms with van der Waals surface area (Å²) in [6.45, 7) is 4.16. The number of methoxy groups -OCH3 is 1. The van der Waals surface area contributed by atoms with E-state index in [2.05, 4.69) is 27.6 Å². The second-order valence-corrected chi connectivity index (χ2v) is 8.86. The third kappa shape index (κ3) is 6.65. The molecule has 1 aromatic carbocycles. The van der Waals surface area contributed by atoms with Crippen molar-refractivity contribution in [2.75, 3.05) is 70.6 Å². The minimum absolute atomic E-state index is 0.0267. The largest absolute Gasteiger partial charge is 0.385 e. The summed E-state index contributed by atoms with van der Waals surface area (Å²) >= 11 is 0. The molecule has 0 radical (unpaired) electrons. The van der Waals surface area contributed by atoms with E-state index in [1.54, 1.807) is 14.2 Å². The molecule has 0 unspecified atom stereocenters. The van der Waals surface area contributed by atoms with Crippen LogP contribution in [0.4, 0.5) is 5.69 Å². The van der Waals surface area contributed by atoms with Gasteiger partial charge in [-0.3, -0.25) is 9.30 Å². The molecule has 0 saturated carbocycles. The van der Waals surface area contributed by atoms with Crippen LogP contribution < -0.4 is 14.9 Å². The number of rotatable bonds is 11. The van der Waals surface area contributed by atoms with E-state index in [4.69, 9.17) is 4.74 Å². The van der Waals surface area contributed by atoms with Gasteiger partial charge in [0.15, 0.2) is 5.96 Å². The highest BCUT2D eigenvalue weighted by Gasteiger charge is 2.28. The normalized spacial score (nSPS) is 14.4. The van der Waals surface area contributed by atoms with Gasteiger partial charge >= 0.3 is 0 Å². The van der Waals surface area contributed by atoms with Crippen molar-refractivity contribution in [2.45, 2.75) is 12.8 Å². The van der Waals surface area contributed by atoms with Gasteiger partial charge in [-0.2, -0.15) is 0 Å². The minimum atomic E-state index is -3.36. The highest BCUT2D eigenvalue weighted by Crippen LogP contribution is 2.29. The number of para-hydroxylation sites is 1. The van der Waals surface area contributed by atoms with Crippen LogP contribution in [0, 0.1) is 0 Å². The Morgan fingerprint density at radius 3 is 2.75 bits per heavy atom. The van der Waals surface area contributed by atoms with Crippen molar-refractivity contribution in [3.8, 4) is 0 Å². The summed E-state index contributed by atoms with van der Waals surface area (Å²) in [5, 5.41) is 6.31. The van der Waals surface area contributed by atoms with Crippen LogP contribution in [-0.4, -0.2) is 85.6 Å². The molecule has 0 saturated heterocycles. The molecule has 1 aliphatic rings. The number of hydrogen-bond acceptors (Lipinski definition) is 5. The van der Waals surface area contributed by atoms with Gasteiger partial charge in [-0.1, -0.05) is 18.2 Å². The lowest BCUT2D eigenvalue weighted by Crippen LogP contribution is -2.44. The van der Waals surface area contributed by atoms with Gasteiger partial charge in [0.2, 0.25) is 10.0 Å². The van der Waals surface area contributed by atoms with Crippen LogP contribution in [0.2, 0.25) is 0 Å². The van der Waals surface area contributed by atoms with Crippen molar-refractivity contribution in [3.05, 3.63) is 29.8 Å². The summed E-state index contributed by atoms with van der Waals surface area (Å²) < 4.78 is 32.0. The van der Waals surface area contributed by atoms with Crippen molar-refractivity contribution in [1.29, 1.82) is 0 Å². The fraction of sp³-hybridized carbons (Fsp3) is 0.632. The number of benzene rings is 1. The molecule has 0 bridgehead atoms. The summed E-state index contributed by atoms with van der Waals surface area (Å²) in [5.41, 5.74) is 1.90. The molecule has 1 aliphatic heterocycles. The molecule has 1 heterocycles. The number of hydrogen-bond donors (Lipinski definition) is 2. The monoisotopic (exact) mass is 411 g/mol. The van der Waals surface area contributed by atoms with E-state index in [0.29, 0.717) is 19.0 Å². The van der Waals surface area contributed by atoms with Crippen LogP contribution >= 0.6 is 0 Å². The quantitative estimate of drug-likeness (QED) is 0.314. The van der Waals surface area contributed by atoms with Crippen LogP contribution in [0.5, 0.6) is 0 Å². The van der Waals surface area contributed by atoms with E-state index in [0.717, 1.165) is 50.3 Å². The van der Waals surface area contributed by atoms with Crippen LogP contribution in [0.3, 0.4) is 0 Å². The van der Waals surface area contributed by atoms with Gasteiger partial charge < -0.3 is 20.3 Å². The first-order chi connectivity index (χ1) is 13.5. The molecule has 0 aromatic heterocycles. The summed E-state index contributed by atoms with van der Waals surface area (Å²) in [6, 6.07) is 7.68. The van der Waals surface area contributed by atoms with Crippen LogP contribution in [-0.2, 0) is 21.2 Å². The lowest BCUT2D eigenvalue weighted by atomic mass is 10.2. The first kappa shape index (κ1) is 22.4. The van der Waals surface area contributed by atoms with Crippen molar-refractivity contribution >= 4 is 21.7 Å². The van der Waals surface area contributed by atoms with E-state index in [-0.39, 0.29) is 5.75 Å². The number of nitrogens with one attached hydrogen (secondary N) is 2. The van der Waals surface area contributed by atoms with Gasteiger partial charge in [0, 0.05) is 53.5 Å². The maximum absolute atomic E-state index is 12.7. The average molecular weight is 412 g/mol. The molecule has 8 nitrogen and oxygen atoms in total. The Hall–Kier alpha value is -1.84. The summed E-state index contributed by atoms with van der Waals surface area (Å²) in [4.78, 5) is 6.38. The highest BCUT2D eigenvalue weighted by atomic mass is 32.2. The van der Waals surface area contributed by atoms with Crippen molar-refractivity contribution in [3.63, 3.8) is 0 Å². The van der Waals surface area contributed by atoms with Crippen molar-refractivity contribution in [2.24, 2.45) is 4.99 Å². The molecule has 0 fully saturated rings. The highest BCUT2D eigenvalue weighted by molar-refractivity contribution is 7.92. The third-order valence-electron chi connectivity index (χ3n) is 4.73. The summed E-state index contributed by atoms with van der Waals surface area (Å²) in [7, 11) is 2.10. The van der Waals surface area contributed by atoms with E-state index >= 15 is 0 Å². The molecular weight excluding hydrogens is 378 g/mol. The van der Waals surface area contributed by atoms with Crippen molar-refractivity contribution < 1.29 is 13.2 Å². The van der Waals surface area contributed by atoms with E-state index < -0.39 is 10.0 Å². The van der Waals surface area contributed by atoms with Gasteiger partial charge in [-0.05, 0) is 31.5 Å². The number of anilines is 1. The fourth-order valence-corrected chi connectivity index (χ4v) is 4.61. The van der Waals surface area contributed by atoms with Gasteiger partial charge in [-0.25, -0.2) is 8.42 Å².